The number of nitrogens with zero attached hydrogens (tertiary/aromatic N) is 4. The fourth-order valence-electron chi connectivity index (χ4n) is 2.43. The van der Waals surface area contributed by atoms with Gasteiger partial charge in [0.15, 0.2) is 0 Å². The summed E-state index contributed by atoms with van der Waals surface area (Å²) in [5, 5.41) is 8.81. The highest BCUT2D eigenvalue weighted by Crippen LogP contribution is 2.24. The van der Waals surface area contributed by atoms with Crippen LogP contribution in [0.1, 0.15) is 37.8 Å². The van der Waals surface area contributed by atoms with E-state index in [0.29, 0.717) is 11.6 Å². The van der Waals surface area contributed by atoms with Gasteiger partial charge in [-0.2, -0.15) is 5.26 Å². The van der Waals surface area contributed by atoms with Crippen molar-refractivity contribution in [2.24, 2.45) is 5.92 Å². The minimum absolute atomic E-state index is 0.436. The summed E-state index contributed by atoms with van der Waals surface area (Å²) in [6.07, 6.45) is 8.33. The van der Waals surface area contributed by atoms with Crippen molar-refractivity contribution >= 4 is 5.95 Å². The van der Waals surface area contributed by atoms with Crippen molar-refractivity contribution in [2.75, 3.05) is 18.5 Å². The average Bonchev–Trinajstić information content (AvgIpc) is 2.40. The highest BCUT2D eigenvalue weighted by Gasteiger charge is 2.16. The van der Waals surface area contributed by atoms with Crippen LogP contribution >= 0.6 is 0 Å². The molecule has 2 rings (SSSR count). The first-order valence-electron chi connectivity index (χ1n) is 6.24. The lowest BCUT2D eigenvalue weighted by Crippen LogP contribution is -2.28. The van der Waals surface area contributed by atoms with Crippen LogP contribution in [0.4, 0.5) is 5.95 Å². The second-order valence-corrected chi connectivity index (χ2v) is 4.74. The molecule has 0 N–H and O–H groups in total. The average molecular weight is 230 g/mol. The summed E-state index contributed by atoms with van der Waals surface area (Å²) in [7, 11) is 2.01. The van der Waals surface area contributed by atoms with Crippen LogP contribution in [-0.2, 0) is 0 Å². The van der Waals surface area contributed by atoms with Gasteiger partial charge in [0.2, 0.25) is 5.95 Å². The maximum absolute atomic E-state index is 8.81. The van der Waals surface area contributed by atoms with Crippen LogP contribution in [0, 0.1) is 17.2 Å². The van der Waals surface area contributed by atoms with Crippen molar-refractivity contribution in [3.05, 3.63) is 18.0 Å². The molecular weight excluding hydrogens is 212 g/mol. The van der Waals surface area contributed by atoms with Crippen LogP contribution in [0.5, 0.6) is 0 Å². The summed E-state index contributed by atoms with van der Waals surface area (Å²) in [5.41, 5.74) is 0.436. The van der Waals surface area contributed by atoms with Crippen molar-refractivity contribution < 1.29 is 0 Å². The largest absolute Gasteiger partial charge is 0.344 e. The number of hydrogen-bond donors (Lipinski definition) is 0. The van der Waals surface area contributed by atoms with E-state index in [1.165, 1.54) is 32.1 Å². The minimum Gasteiger partial charge on any atom is -0.344 e. The second kappa shape index (κ2) is 5.62. The van der Waals surface area contributed by atoms with Gasteiger partial charge in [-0.25, -0.2) is 9.97 Å². The van der Waals surface area contributed by atoms with Gasteiger partial charge in [-0.3, -0.25) is 0 Å². The fraction of sp³-hybridized carbons (Fsp3) is 0.615. The Balaban J connectivity index is 1.98. The van der Waals surface area contributed by atoms with Crippen molar-refractivity contribution in [3.8, 4) is 6.07 Å². The van der Waals surface area contributed by atoms with Gasteiger partial charge in [0.1, 0.15) is 11.8 Å². The zero-order chi connectivity index (χ0) is 12.1. The normalized spacial score (nSPS) is 16.5. The first kappa shape index (κ1) is 11.8. The molecular formula is C13H18N4. The van der Waals surface area contributed by atoms with E-state index in [2.05, 4.69) is 14.9 Å². The first-order chi connectivity index (χ1) is 8.29. The Kier molecular flexibility index (Phi) is 3.92. The summed E-state index contributed by atoms with van der Waals surface area (Å²) >= 11 is 0. The lowest BCUT2D eigenvalue weighted by atomic mass is 9.89. The fourth-order valence-corrected chi connectivity index (χ4v) is 2.43. The number of hydrogen-bond acceptors (Lipinski definition) is 4. The van der Waals surface area contributed by atoms with E-state index in [1.807, 2.05) is 13.1 Å². The molecule has 90 valence electrons. The summed E-state index contributed by atoms with van der Waals surface area (Å²) in [6.45, 7) is 0.995. The Morgan fingerprint density at radius 2 is 2.18 bits per heavy atom. The van der Waals surface area contributed by atoms with Crippen LogP contribution in [0.2, 0.25) is 0 Å². The van der Waals surface area contributed by atoms with Gasteiger partial charge < -0.3 is 4.90 Å². The molecule has 4 heteroatoms. The molecule has 0 aliphatic heterocycles. The topological polar surface area (TPSA) is 52.8 Å². The third-order valence-electron chi connectivity index (χ3n) is 3.36. The lowest BCUT2D eigenvalue weighted by Gasteiger charge is -2.26. The van der Waals surface area contributed by atoms with Crippen molar-refractivity contribution in [1.29, 1.82) is 5.26 Å². The number of aromatic nitrogens is 2. The minimum atomic E-state index is 0.436. The van der Waals surface area contributed by atoms with Gasteiger partial charge in [0.25, 0.3) is 0 Å². The second-order valence-electron chi connectivity index (χ2n) is 4.74. The molecule has 0 spiro atoms. The van der Waals surface area contributed by atoms with Gasteiger partial charge >= 0.3 is 0 Å². The zero-order valence-electron chi connectivity index (χ0n) is 10.3. The molecule has 0 amide bonds. The smallest absolute Gasteiger partial charge is 0.226 e. The van der Waals surface area contributed by atoms with E-state index in [1.54, 1.807) is 12.3 Å². The van der Waals surface area contributed by atoms with E-state index in [4.69, 9.17) is 5.26 Å². The molecule has 0 aromatic carbocycles. The zero-order valence-corrected chi connectivity index (χ0v) is 10.3. The SMILES string of the molecule is CN(CC1CCCCC1)c1nccc(C#N)n1. The number of nitriles is 1. The summed E-state index contributed by atoms with van der Waals surface area (Å²) < 4.78 is 0. The molecule has 1 saturated carbocycles. The molecule has 0 saturated heterocycles. The predicted octanol–water partition coefficient (Wildman–Crippen LogP) is 2.36. The lowest BCUT2D eigenvalue weighted by molar-refractivity contribution is 0.361. The molecule has 17 heavy (non-hydrogen) atoms. The quantitative estimate of drug-likeness (QED) is 0.800. The van der Waals surface area contributed by atoms with Gasteiger partial charge in [0, 0.05) is 19.8 Å². The van der Waals surface area contributed by atoms with Crippen molar-refractivity contribution in [3.63, 3.8) is 0 Å². The molecule has 1 fully saturated rings. The van der Waals surface area contributed by atoms with Crippen LogP contribution in [0.3, 0.4) is 0 Å². The standard InChI is InChI=1S/C13H18N4/c1-17(10-11-5-3-2-4-6-11)13-15-8-7-12(9-14)16-13/h7-8,11H,2-6,10H2,1H3. The highest BCUT2D eigenvalue weighted by molar-refractivity contribution is 5.32. The van der Waals surface area contributed by atoms with Gasteiger partial charge in [-0.15, -0.1) is 0 Å². The number of rotatable bonds is 3. The molecule has 0 radical (unpaired) electrons. The first-order valence-corrected chi connectivity index (χ1v) is 6.24. The van der Waals surface area contributed by atoms with E-state index in [9.17, 15) is 0 Å². The van der Waals surface area contributed by atoms with E-state index < -0.39 is 0 Å². The monoisotopic (exact) mass is 230 g/mol. The summed E-state index contributed by atoms with van der Waals surface area (Å²) in [4.78, 5) is 10.5. The third-order valence-corrected chi connectivity index (χ3v) is 3.36. The molecule has 1 heterocycles. The van der Waals surface area contributed by atoms with Gasteiger partial charge in [0.05, 0.1) is 0 Å². The third kappa shape index (κ3) is 3.16. The predicted molar refractivity (Wildman–Crippen MR) is 66.6 cm³/mol. The maximum atomic E-state index is 8.81. The molecule has 1 aromatic heterocycles. The molecule has 1 aliphatic carbocycles. The van der Waals surface area contributed by atoms with Gasteiger partial charge in [-0.05, 0) is 24.8 Å². The molecule has 0 bridgehead atoms. The maximum Gasteiger partial charge on any atom is 0.226 e. The molecule has 4 nitrogen and oxygen atoms in total. The van der Waals surface area contributed by atoms with Gasteiger partial charge in [-0.1, -0.05) is 19.3 Å². The van der Waals surface area contributed by atoms with Crippen molar-refractivity contribution in [1.82, 2.24) is 9.97 Å². The van der Waals surface area contributed by atoms with Crippen LogP contribution in [-0.4, -0.2) is 23.6 Å². The van der Waals surface area contributed by atoms with Crippen LogP contribution in [0.25, 0.3) is 0 Å². The number of anilines is 1. The molecule has 1 aliphatic rings. The Morgan fingerprint density at radius 3 is 2.88 bits per heavy atom. The van der Waals surface area contributed by atoms with Crippen LogP contribution in [0.15, 0.2) is 12.3 Å². The van der Waals surface area contributed by atoms with Crippen molar-refractivity contribution in [2.45, 2.75) is 32.1 Å². The van der Waals surface area contributed by atoms with E-state index >= 15 is 0 Å². The summed E-state index contributed by atoms with van der Waals surface area (Å²) in [5.74, 6) is 1.41. The Bertz CT molecular complexity index is 404. The molecule has 1 aromatic rings. The van der Waals surface area contributed by atoms with Crippen LogP contribution < -0.4 is 4.90 Å². The summed E-state index contributed by atoms with van der Waals surface area (Å²) in [6, 6.07) is 3.68. The Morgan fingerprint density at radius 1 is 1.41 bits per heavy atom. The molecule has 0 atom stereocenters. The Labute approximate surface area is 102 Å². The molecule has 0 unspecified atom stereocenters. The van der Waals surface area contributed by atoms with E-state index in [-0.39, 0.29) is 0 Å². The Hall–Kier alpha value is -1.63. The highest BCUT2D eigenvalue weighted by atomic mass is 15.2. The van der Waals surface area contributed by atoms with E-state index in [0.717, 1.165) is 12.5 Å².